The molecule has 3 rings (SSSR count). The molecule has 2 heterocycles. The molecule has 148 valence electrons. The third-order valence-corrected chi connectivity index (χ3v) is 4.39. The second-order valence-corrected chi connectivity index (χ2v) is 6.06. The van der Waals surface area contributed by atoms with Gasteiger partial charge in [-0.05, 0) is 12.1 Å². The van der Waals surface area contributed by atoms with Gasteiger partial charge in [-0.25, -0.2) is 4.79 Å². The van der Waals surface area contributed by atoms with Gasteiger partial charge in [-0.2, -0.15) is 10.2 Å². The normalized spacial score (nSPS) is 15.5. The van der Waals surface area contributed by atoms with Crippen LogP contribution in [0.3, 0.4) is 0 Å². The first-order valence-electron chi connectivity index (χ1n) is 8.39. The molecule has 1 atom stereocenters. The highest BCUT2D eigenvalue weighted by atomic mass is 35.5. The fourth-order valence-electron chi connectivity index (χ4n) is 2.87. The molecular weight excluding hydrogens is 384 g/mol. The Hall–Kier alpha value is -3.20. The number of nitrogens with one attached hydrogen (secondary N) is 2. The predicted octanol–water partition coefficient (Wildman–Crippen LogP) is 1.48. The third kappa shape index (κ3) is 4.55. The van der Waals surface area contributed by atoms with Crippen LogP contribution >= 0.6 is 12.4 Å². The van der Waals surface area contributed by atoms with E-state index in [1.165, 1.54) is 7.11 Å². The molecule has 4 N–H and O–H groups in total. The number of ether oxygens (including phenoxy) is 1. The monoisotopic (exact) mass is 404 g/mol. The minimum absolute atomic E-state index is 0. The summed E-state index contributed by atoms with van der Waals surface area (Å²) in [6, 6.07) is 10.3. The highest BCUT2D eigenvalue weighted by molar-refractivity contribution is 5.95. The van der Waals surface area contributed by atoms with E-state index in [0.717, 1.165) is 5.56 Å². The zero-order valence-electron chi connectivity index (χ0n) is 15.2. The van der Waals surface area contributed by atoms with Crippen molar-refractivity contribution in [2.45, 2.75) is 12.5 Å². The summed E-state index contributed by atoms with van der Waals surface area (Å²) in [5.41, 5.74) is 8.26. The molecule has 0 radical (unpaired) electrons. The molecule has 28 heavy (non-hydrogen) atoms. The van der Waals surface area contributed by atoms with Gasteiger partial charge in [-0.15, -0.1) is 12.4 Å². The van der Waals surface area contributed by atoms with E-state index in [0.29, 0.717) is 23.5 Å². The van der Waals surface area contributed by atoms with Crippen molar-refractivity contribution in [2.75, 3.05) is 20.2 Å². The summed E-state index contributed by atoms with van der Waals surface area (Å²) in [5.74, 6) is -0.364. The van der Waals surface area contributed by atoms with Crippen molar-refractivity contribution in [2.24, 2.45) is 5.73 Å². The van der Waals surface area contributed by atoms with Crippen LogP contribution in [0.2, 0.25) is 0 Å². The van der Waals surface area contributed by atoms with Gasteiger partial charge in [0.15, 0.2) is 0 Å². The van der Waals surface area contributed by atoms with Gasteiger partial charge >= 0.3 is 12.0 Å². The average molecular weight is 405 g/mol. The molecular formula is C18H21ClN6O3. The first kappa shape index (κ1) is 21.1. The first-order chi connectivity index (χ1) is 13.0. The number of carbonyl (C=O) groups is 2. The molecule has 1 aliphatic heterocycles. The second-order valence-electron chi connectivity index (χ2n) is 6.06. The van der Waals surface area contributed by atoms with Crippen LogP contribution in [0.4, 0.5) is 4.79 Å². The highest BCUT2D eigenvalue weighted by Crippen LogP contribution is 2.24. The van der Waals surface area contributed by atoms with Crippen molar-refractivity contribution >= 4 is 30.2 Å². The van der Waals surface area contributed by atoms with Crippen LogP contribution in [0.5, 0.6) is 0 Å². The number of nitrogen functional groups attached to an aromatic ring is 1. The van der Waals surface area contributed by atoms with E-state index >= 15 is 0 Å². The lowest BCUT2D eigenvalue weighted by molar-refractivity contribution is -0.140. The number of nitrogens with two attached hydrogens (primary N) is 1. The Balaban J connectivity index is 0.00000280. The van der Waals surface area contributed by atoms with E-state index in [2.05, 4.69) is 20.3 Å². The van der Waals surface area contributed by atoms with Crippen molar-refractivity contribution < 1.29 is 14.3 Å². The van der Waals surface area contributed by atoms with Crippen LogP contribution in [0, 0.1) is 5.41 Å². The highest BCUT2D eigenvalue weighted by Gasteiger charge is 2.33. The summed E-state index contributed by atoms with van der Waals surface area (Å²) in [7, 11) is 1.32. The lowest BCUT2D eigenvalue weighted by atomic mass is 10.1. The van der Waals surface area contributed by atoms with E-state index in [9.17, 15) is 9.59 Å². The number of benzene rings is 1. The summed E-state index contributed by atoms with van der Waals surface area (Å²) in [4.78, 5) is 24.9. The molecule has 0 spiro atoms. The number of esters is 1. The summed E-state index contributed by atoms with van der Waals surface area (Å²) >= 11 is 0. The third-order valence-electron chi connectivity index (χ3n) is 4.39. The number of aromatic nitrogens is 2. The molecule has 2 aromatic rings. The quantitative estimate of drug-likeness (QED) is 0.379. The maximum atomic E-state index is 12.0. The smallest absolute Gasteiger partial charge is 0.318 e. The van der Waals surface area contributed by atoms with Gasteiger partial charge in [0.25, 0.3) is 0 Å². The van der Waals surface area contributed by atoms with Crippen molar-refractivity contribution in [3.8, 4) is 11.3 Å². The van der Waals surface area contributed by atoms with E-state index in [4.69, 9.17) is 11.1 Å². The summed E-state index contributed by atoms with van der Waals surface area (Å²) in [6.45, 7) is 0.653. The summed E-state index contributed by atoms with van der Waals surface area (Å²) in [6.07, 6.45) is 0.119. The van der Waals surface area contributed by atoms with Crippen LogP contribution in [0.15, 0.2) is 36.4 Å². The first-order valence-corrected chi connectivity index (χ1v) is 8.39. The van der Waals surface area contributed by atoms with Gasteiger partial charge in [0.2, 0.25) is 0 Å². The molecule has 0 bridgehead atoms. The van der Waals surface area contributed by atoms with Crippen molar-refractivity contribution in [1.29, 1.82) is 5.41 Å². The summed E-state index contributed by atoms with van der Waals surface area (Å²) in [5, 5.41) is 18.7. The Labute approximate surface area is 168 Å². The van der Waals surface area contributed by atoms with Crippen LogP contribution in [0.1, 0.15) is 23.7 Å². The van der Waals surface area contributed by atoms with Crippen LogP contribution < -0.4 is 11.1 Å². The molecule has 1 aromatic carbocycles. The van der Waals surface area contributed by atoms with Crippen molar-refractivity contribution in [3.05, 3.63) is 47.7 Å². The topological polar surface area (TPSA) is 134 Å². The molecule has 0 saturated carbocycles. The SMILES string of the molecule is COC(=O)CCN1C(=O)NCC1c1ccc(-c2ccc(C(=N)N)cc2)nn1.Cl. The zero-order chi connectivity index (χ0) is 19.4. The van der Waals surface area contributed by atoms with Gasteiger partial charge in [0, 0.05) is 24.2 Å². The number of carbonyl (C=O) groups excluding carboxylic acids is 2. The van der Waals surface area contributed by atoms with E-state index in [1.54, 1.807) is 17.0 Å². The molecule has 1 unspecified atom stereocenters. The van der Waals surface area contributed by atoms with Gasteiger partial charge < -0.3 is 20.7 Å². The number of urea groups is 1. The molecule has 10 heteroatoms. The maximum absolute atomic E-state index is 12.0. The van der Waals surface area contributed by atoms with E-state index in [-0.39, 0.29) is 49.3 Å². The van der Waals surface area contributed by atoms with Gasteiger partial charge in [0.05, 0.1) is 31.0 Å². The Morgan fingerprint density at radius 1 is 1.29 bits per heavy atom. The Bertz CT molecular complexity index is 857. The van der Waals surface area contributed by atoms with Crippen LogP contribution in [-0.4, -0.2) is 53.1 Å². The fourth-order valence-corrected chi connectivity index (χ4v) is 2.87. The Kier molecular flexibility index (Phi) is 6.89. The molecule has 1 aliphatic rings. The Morgan fingerprint density at radius 3 is 2.57 bits per heavy atom. The van der Waals surface area contributed by atoms with E-state index < -0.39 is 0 Å². The number of methoxy groups -OCH3 is 1. The molecule has 9 nitrogen and oxygen atoms in total. The standard InChI is InChI=1S/C18H20N6O3.ClH/c1-27-16(25)8-9-24-15(10-21-18(24)26)14-7-6-13(22-23-14)11-2-4-12(5-3-11)17(19)20;/h2-7,15H,8-10H2,1H3,(H3,19,20)(H,21,26);1H. The fraction of sp³-hybridized carbons (Fsp3) is 0.278. The molecule has 1 saturated heterocycles. The van der Waals surface area contributed by atoms with Crippen LogP contribution in [0.25, 0.3) is 11.3 Å². The average Bonchev–Trinajstić information content (AvgIpc) is 3.06. The Morgan fingerprint density at radius 2 is 2.00 bits per heavy atom. The number of amides is 2. The molecule has 2 amide bonds. The number of rotatable bonds is 6. The lowest BCUT2D eigenvalue weighted by Gasteiger charge is -2.21. The summed E-state index contributed by atoms with van der Waals surface area (Å²) < 4.78 is 4.63. The van der Waals surface area contributed by atoms with Gasteiger partial charge in [-0.1, -0.05) is 24.3 Å². The molecule has 1 aromatic heterocycles. The zero-order valence-corrected chi connectivity index (χ0v) is 16.0. The number of halogens is 1. The predicted molar refractivity (Wildman–Crippen MR) is 105 cm³/mol. The van der Waals surface area contributed by atoms with Gasteiger partial charge in [-0.3, -0.25) is 10.2 Å². The second kappa shape index (κ2) is 9.14. The number of hydrogen-bond acceptors (Lipinski definition) is 6. The molecule has 1 fully saturated rings. The van der Waals surface area contributed by atoms with Crippen molar-refractivity contribution in [1.82, 2.24) is 20.4 Å². The number of amidine groups is 1. The molecule has 0 aliphatic carbocycles. The minimum atomic E-state index is -0.371. The minimum Gasteiger partial charge on any atom is -0.469 e. The largest absolute Gasteiger partial charge is 0.469 e. The van der Waals surface area contributed by atoms with E-state index in [1.807, 2.05) is 24.3 Å². The number of hydrogen-bond donors (Lipinski definition) is 3. The lowest BCUT2D eigenvalue weighted by Crippen LogP contribution is -2.32. The van der Waals surface area contributed by atoms with Crippen LogP contribution in [-0.2, 0) is 9.53 Å². The van der Waals surface area contributed by atoms with Crippen molar-refractivity contribution in [3.63, 3.8) is 0 Å². The maximum Gasteiger partial charge on any atom is 0.318 e. The number of nitrogens with zero attached hydrogens (tertiary/aromatic N) is 3. The van der Waals surface area contributed by atoms with Gasteiger partial charge in [0.1, 0.15) is 5.84 Å².